The zero-order chi connectivity index (χ0) is 31.9. The number of carbonyl (C=O) groups is 2. The Morgan fingerprint density at radius 3 is 2.02 bits per heavy atom. The van der Waals surface area contributed by atoms with E-state index in [0.29, 0.717) is 0 Å². The van der Waals surface area contributed by atoms with Gasteiger partial charge in [-0.25, -0.2) is 8.42 Å². The largest absolute Gasteiger partial charge is 0.352 e. The van der Waals surface area contributed by atoms with Gasteiger partial charge >= 0.3 is 0 Å². The van der Waals surface area contributed by atoms with Crippen LogP contribution in [0.5, 0.6) is 0 Å². The summed E-state index contributed by atoms with van der Waals surface area (Å²) in [5, 5.41) is 3.08. The average molecular weight is 653 g/mol. The predicted molar refractivity (Wildman–Crippen MR) is 176 cm³/mol. The number of hydrogen-bond donors (Lipinski definition) is 1. The Hall–Kier alpha value is -3.85. The van der Waals surface area contributed by atoms with Crippen LogP contribution in [0.25, 0.3) is 0 Å². The van der Waals surface area contributed by atoms with Crippen molar-refractivity contribution in [3.63, 3.8) is 0 Å². The monoisotopic (exact) mass is 651 g/mol. The minimum Gasteiger partial charge on any atom is -0.352 e. The molecule has 0 aliphatic rings. The van der Waals surface area contributed by atoms with Crippen LogP contribution in [0.4, 0.5) is 5.69 Å². The molecule has 0 aromatic heterocycles. The van der Waals surface area contributed by atoms with Crippen LogP contribution in [0.2, 0.25) is 10.0 Å². The van der Waals surface area contributed by atoms with Crippen molar-refractivity contribution in [2.24, 2.45) is 0 Å². The Morgan fingerprint density at radius 2 is 1.41 bits per heavy atom. The Labute approximate surface area is 269 Å². The fraction of sp³-hybridized carbons (Fsp3) is 0.235. The second-order valence-electron chi connectivity index (χ2n) is 10.8. The molecule has 1 atom stereocenters. The SMILES string of the molecule is Cc1ccc(CN(C(=O)CN(c2cccc(Cl)c2Cl)S(=O)(=O)c2ccccc2)[C@@H](Cc2ccccc2)C(=O)NC(C)C)cc1. The number of amides is 2. The summed E-state index contributed by atoms with van der Waals surface area (Å²) in [5.41, 5.74) is 2.74. The average Bonchev–Trinajstić information content (AvgIpc) is 3.00. The van der Waals surface area contributed by atoms with Crippen LogP contribution in [0.3, 0.4) is 0 Å². The Morgan fingerprint density at radius 1 is 0.795 bits per heavy atom. The Bertz CT molecular complexity index is 1680. The van der Waals surface area contributed by atoms with Gasteiger partial charge in [-0.15, -0.1) is 0 Å². The van der Waals surface area contributed by atoms with Gasteiger partial charge in [-0.3, -0.25) is 13.9 Å². The number of carbonyl (C=O) groups excluding carboxylic acids is 2. The molecule has 0 fully saturated rings. The van der Waals surface area contributed by atoms with Crippen molar-refractivity contribution in [2.75, 3.05) is 10.8 Å². The first-order valence-corrected chi connectivity index (χ1v) is 16.4. The van der Waals surface area contributed by atoms with Crippen LogP contribution in [0, 0.1) is 6.92 Å². The second-order valence-corrected chi connectivity index (χ2v) is 13.4. The van der Waals surface area contributed by atoms with Gasteiger partial charge in [0.1, 0.15) is 12.6 Å². The minimum absolute atomic E-state index is 0.00931. The number of nitrogens with one attached hydrogen (secondary N) is 1. The van der Waals surface area contributed by atoms with E-state index in [2.05, 4.69) is 5.32 Å². The second kappa shape index (κ2) is 14.8. The van der Waals surface area contributed by atoms with Crippen LogP contribution in [-0.4, -0.2) is 43.8 Å². The number of rotatable bonds is 12. The summed E-state index contributed by atoms with van der Waals surface area (Å²) in [5.74, 6) is -0.927. The number of sulfonamides is 1. The highest BCUT2D eigenvalue weighted by Crippen LogP contribution is 2.35. The van der Waals surface area contributed by atoms with Gasteiger partial charge in [0.2, 0.25) is 11.8 Å². The Balaban J connectivity index is 1.82. The number of aryl methyl sites for hydroxylation is 1. The molecule has 0 radical (unpaired) electrons. The first-order chi connectivity index (χ1) is 21.0. The molecule has 10 heteroatoms. The molecule has 44 heavy (non-hydrogen) atoms. The molecule has 4 aromatic rings. The van der Waals surface area contributed by atoms with E-state index in [1.807, 2.05) is 75.4 Å². The minimum atomic E-state index is -4.28. The van der Waals surface area contributed by atoms with E-state index in [0.717, 1.165) is 21.0 Å². The molecule has 0 saturated heterocycles. The van der Waals surface area contributed by atoms with Crippen LogP contribution < -0.4 is 9.62 Å². The van der Waals surface area contributed by atoms with Gasteiger partial charge in [-0.1, -0.05) is 108 Å². The van der Waals surface area contributed by atoms with E-state index < -0.39 is 28.5 Å². The Kier molecular flexibility index (Phi) is 11.1. The predicted octanol–water partition coefficient (Wildman–Crippen LogP) is 6.66. The third-order valence-electron chi connectivity index (χ3n) is 6.99. The summed E-state index contributed by atoms with van der Waals surface area (Å²) in [6.45, 7) is 5.11. The molecule has 0 unspecified atom stereocenters. The third-order valence-corrected chi connectivity index (χ3v) is 9.57. The van der Waals surface area contributed by atoms with Gasteiger partial charge in [0.15, 0.2) is 0 Å². The summed E-state index contributed by atoms with van der Waals surface area (Å²) in [6, 6.07) is 28.3. The summed E-state index contributed by atoms with van der Waals surface area (Å²) in [7, 11) is -4.28. The van der Waals surface area contributed by atoms with E-state index >= 15 is 0 Å². The number of benzene rings is 4. The van der Waals surface area contributed by atoms with Crippen LogP contribution >= 0.6 is 23.2 Å². The van der Waals surface area contributed by atoms with Crippen LogP contribution in [0.1, 0.15) is 30.5 Å². The van der Waals surface area contributed by atoms with Gasteiger partial charge in [0, 0.05) is 19.0 Å². The molecule has 4 aromatic carbocycles. The molecule has 2 amide bonds. The summed E-state index contributed by atoms with van der Waals surface area (Å²) in [6.07, 6.45) is 0.223. The van der Waals surface area contributed by atoms with Gasteiger partial charge in [-0.2, -0.15) is 0 Å². The number of anilines is 1. The van der Waals surface area contributed by atoms with Crippen LogP contribution in [0.15, 0.2) is 108 Å². The van der Waals surface area contributed by atoms with Gasteiger partial charge < -0.3 is 10.2 Å². The lowest BCUT2D eigenvalue weighted by molar-refractivity contribution is -0.140. The molecule has 0 heterocycles. The summed E-state index contributed by atoms with van der Waals surface area (Å²) in [4.78, 5) is 29.6. The van der Waals surface area contributed by atoms with Crippen molar-refractivity contribution in [1.82, 2.24) is 10.2 Å². The lowest BCUT2D eigenvalue weighted by atomic mass is 10.0. The lowest BCUT2D eigenvalue weighted by Crippen LogP contribution is -2.54. The van der Waals surface area contributed by atoms with Crippen molar-refractivity contribution < 1.29 is 18.0 Å². The maximum Gasteiger partial charge on any atom is 0.264 e. The van der Waals surface area contributed by atoms with E-state index in [-0.39, 0.29) is 45.5 Å². The number of nitrogens with zero attached hydrogens (tertiary/aromatic N) is 2. The molecule has 230 valence electrons. The van der Waals surface area contributed by atoms with Crippen molar-refractivity contribution >= 4 is 50.7 Å². The van der Waals surface area contributed by atoms with E-state index in [4.69, 9.17) is 23.2 Å². The van der Waals surface area contributed by atoms with Crippen molar-refractivity contribution in [3.8, 4) is 0 Å². The van der Waals surface area contributed by atoms with Gasteiger partial charge in [-0.05, 0) is 56.2 Å². The maximum absolute atomic E-state index is 14.5. The molecule has 0 saturated carbocycles. The fourth-order valence-electron chi connectivity index (χ4n) is 4.74. The molecule has 0 spiro atoms. The van der Waals surface area contributed by atoms with E-state index in [1.54, 1.807) is 30.3 Å². The highest BCUT2D eigenvalue weighted by Gasteiger charge is 2.35. The van der Waals surface area contributed by atoms with E-state index in [9.17, 15) is 18.0 Å². The smallest absolute Gasteiger partial charge is 0.264 e. The quantitative estimate of drug-likeness (QED) is 0.186. The standard InChI is InChI=1S/C34H35Cl2N3O4S/c1-24(2)37-34(41)31(21-26-11-6-4-7-12-26)38(22-27-19-17-25(3)18-20-27)32(40)23-39(30-16-10-15-29(35)33(30)36)44(42,43)28-13-8-5-9-14-28/h4-20,24,31H,21-23H2,1-3H3,(H,37,41)/t31-/m0/s1. The summed E-state index contributed by atoms with van der Waals surface area (Å²) < 4.78 is 29.1. The van der Waals surface area contributed by atoms with Crippen LogP contribution in [-0.2, 0) is 32.6 Å². The van der Waals surface area contributed by atoms with Gasteiger partial charge in [0.05, 0.1) is 20.6 Å². The third kappa shape index (κ3) is 8.20. The topological polar surface area (TPSA) is 86.8 Å². The maximum atomic E-state index is 14.5. The van der Waals surface area contributed by atoms with Crippen molar-refractivity contribution in [1.29, 1.82) is 0 Å². The van der Waals surface area contributed by atoms with Crippen molar-refractivity contribution in [2.45, 2.75) is 50.7 Å². The zero-order valence-electron chi connectivity index (χ0n) is 24.8. The number of hydrogen-bond acceptors (Lipinski definition) is 4. The molecule has 0 aliphatic carbocycles. The highest BCUT2D eigenvalue weighted by molar-refractivity contribution is 7.92. The molecular weight excluding hydrogens is 617 g/mol. The lowest BCUT2D eigenvalue weighted by Gasteiger charge is -2.34. The molecule has 7 nitrogen and oxygen atoms in total. The van der Waals surface area contributed by atoms with E-state index in [1.165, 1.54) is 23.1 Å². The fourth-order valence-corrected chi connectivity index (χ4v) is 6.64. The molecule has 4 rings (SSSR count). The molecule has 0 bridgehead atoms. The summed E-state index contributed by atoms with van der Waals surface area (Å²) >= 11 is 12.8. The highest BCUT2D eigenvalue weighted by atomic mass is 35.5. The molecular formula is C34H35Cl2N3O4S. The zero-order valence-corrected chi connectivity index (χ0v) is 27.1. The number of halogens is 2. The molecule has 0 aliphatic heterocycles. The first-order valence-electron chi connectivity index (χ1n) is 14.2. The molecule has 1 N–H and O–H groups in total. The van der Waals surface area contributed by atoms with Crippen molar-refractivity contribution in [3.05, 3.63) is 130 Å². The van der Waals surface area contributed by atoms with Gasteiger partial charge in [0.25, 0.3) is 10.0 Å². The normalized spacial score (nSPS) is 12.0. The first kappa shape index (κ1) is 33.1.